The molecule has 132 valence electrons. The summed E-state index contributed by atoms with van der Waals surface area (Å²) >= 11 is 6.51. The van der Waals surface area contributed by atoms with Gasteiger partial charge in [-0.2, -0.15) is 0 Å². The smallest absolute Gasteiger partial charge is 0.295 e. The first-order chi connectivity index (χ1) is 12.5. The van der Waals surface area contributed by atoms with Crippen LogP contribution >= 0.6 is 24.2 Å². The van der Waals surface area contributed by atoms with E-state index >= 15 is 0 Å². The van der Waals surface area contributed by atoms with Crippen LogP contribution < -0.4 is 10.3 Å². The molecule has 0 atom stereocenters. The molecule has 0 radical (unpaired) electrons. The number of nitrogens with one attached hydrogen (secondary N) is 3. The molecule has 0 spiro atoms. The summed E-state index contributed by atoms with van der Waals surface area (Å²) in [4.78, 5) is 20.1. The van der Waals surface area contributed by atoms with E-state index in [2.05, 4.69) is 14.7 Å². The van der Waals surface area contributed by atoms with Crippen molar-refractivity contribution in [1.29, 1.82) is 0 Å². The minimum absolute atomic E-state index is 0.0779. The van der Waals surface area contributed by atoms with Gasteiger partial charge in [-0.15, -0.1) is 0 Å². The number of aromatic nitrogens is 4. The van der Waals surface area contributed by atoms with Crippen LogP contribution in [0.4, 0.5) is 5.69 Å². The highest BCUT2D eigenvalue weighted by Gasteiger charge is 2.16. The molecule has 0 unspecified atom stereocenters. The van der Waals surface area contributed by atoms with Gasteiger partial charge < -0.3 is 14.7 Å². The van der Waals surface area contributed by atoms with E-state index in [1.807, 2.05) is 67.2 Å². The molecule has 3 N–H and O–H groups in total. The average molecular weight is 384 g/mol. The number of aromatic amines is 2. The SMILES string of the molecule is Cc1c(NSc2ccc3[nH]c(=S)[nH]c3c2)c(=O)n(-c2ccccc2)n1C. The lowest BCUT2D eigenvalue weighted by atomic mass is 10.3. The van der Waals surface area contributed by atoms with Crippen molar-refractivity contribution < 1.29 is 0 Å². The molecule has 0 saturated heterocycles. The van der Waals surface area contributed by atoms with Crippen molar-refractivity contribution in [3.63, 3.8) is 0 Å². The van der Waals surface area contributed by atoms with Gasteiger partial charge >= 0.3 is 0 Å². The summed E-state index contributed by atoms with van der Waals surface area (Å²) in [7, 11) is 1.88. The molecule has 2 heterocycles. The Morgan fingerprint density at radius 1 is 1.08 bits per heavy atom. The van der Waals surface area contributed by atoms with Crippen LogP contribution in [0.1, 0.15) is 5.69 Å². The van der Waals surface area contributed by atoms with E-state index in [1.54, 1.807) is 4.68 Å². The van der Waals surface area contributed by atoms with E-state index < -0.39 is 0 Å². The summed E-state index contributed by atoms with van der Waals surface area (Å²) in [6.07, 6.45) is 0. The molecule has 2 aromatic carbocycles. The van der Waals surface area contributed by atoms with E-state index in [0.29, 0.717) is 10.5 Å². The number of fused-ring (bicyclic) bond motifs is 1. The van der Waals surface area contributed by atoms with E-state index in [-0.39, 0.29) is 5.56 Å². The quantitative estimate of drug-likeness (QED) is 0.366. The molecule has 8 heteroatoms. The molecule has 0 fully saturated rings. The van der Waals surface area contributed by atoms with Crippen LogP contribution in [-0.2, 0) is 7.05 Å². The summed E-state index contributed by atoms with van der Waals surface area (Å²) in [6, 6.07) is 15.5. The van der Waals surface area contributed by atoms with Crippen molar-refractivity contribution in [2.75, 3.05) is 4.72 Å². The Morgan fingerprint density at radius 3 is 2.58 bits per heavy atom. The zero-order valence-electron chi connectivity index (χ0n) is 14.2. The van der Waals surface area contributed by atoms with Crippen LogP contribution in [0.3, 0.4) is 0 Å². The van der Waals surface area contributed by atoms with Crippen LogP contribution in [0.2, 0.25) is 0 Å². The van der Waals surface area contributed by atoms with Crippen molar-refractivity contribution in [2.45, 2.75) is 11.8 Å². The van der Waals surface area contributed by atoms with Gasteiger partial charge in [-0.25, -0.2) is 4.68 Å². The number of nitrogens with zero attached hydrogens (tertiary/aromatic N) is 2. The maximum Gasteiger partial charge on any atom is 0.295 e. The molecular weight excluding hydrogens is 366 g/mol. The van der Waals surface area contributed by atoms with Gasteiger partial charge in [0.05, 0.1) is 22.4 Å². The Labute approximate surface area is 159 Å². The van der Waals surface area contributed by atoms with E-state index in [1.165, 1.54) is 11.9 Å². The Morgan fingerprint density at radius 2 is 1.81 bits per heavy atom. The molecule has 4 rings (SSSR count). The first kappa shape index (κ1) is 16.7. The first-order valence-electron chi connectivity index (χ1n) is 8.03. The summed E-state index contributed by atoms with van der Waals surface area (Å²) in [5.41, 5.74) is 4.10. The van der Waals surface area contributed by atoms with Gasteiger partial charge in [0.15, 0.2) is 4.77 Å². The zero-order valence-corrected chi connectivity index (χ0v) is 15.9. The summed E-state index contributed by atoms with van der Waals surface area (Å²) < 4.78 is 7.32. The molecule has 2 aromatic heterocycles. The molecule has 0 bridgehead atoms. The van der Waals surface area contributed by atoms with Crippen molar-refractivity contribution in [1.82, 2.24) is 19.3 Å². The molecule has 0 amide bonds. The summed E-state index contributed by atoms with van der Waals surface area (Å²) in [5, 5.41) is 0. The maximum absolute atomic E-state index is 12.9. The highest BCUT2D eigenvalue weighted by atomic mass is 32.2. The third kappa shape index (κ3) is 2.87. The second kappa shape index (κ2) is 6.54. The topological polar surface area (TPSA) is 70.5 Å². The second-order valence-electron chi connectivity index (χ2n) is 5.93. The third-order valence-electron chi connectivity index (χ3n) is 4.31. The van der Waals surface area contributed by atoms with Gasteiger partial charge in [0.1, 0.15) is 5.69 Å². The van der Waals surface area contributed by atoms with Crippen LogP contribution in [0.15, 0.2) is 58.2 Å². The lowest BCUT2D eigenvalue weighted by Crippen LogP contribution is -2.20. The molecule has 0 saturated carbocycles. The molecule has 0 aliphatic heterocycles. The fourth-order valence-electron chi connectivity index (χ4n) is 2.87. The first-order valence-corrected chi connectivity index (χ1v) is 9.26. The van der Waals surface area contributed by atoms with Crippen LogP contribution in [0.5, 0.6) is 0 Å². The van der Waals surface area contributed by atoms with Crippen molar-refractivity contribution >= 4 is 40.9 Å². The fraction of sp³-hybridized carbons (Fsp3) is 0.111. The van der Waals surface area contributed by atoms with Crippen molar-refractivity contribution in [3.05, 3.63) is 69.3 Å². The fourth-order valence-corrected chi connectivity index (χ4v) is 3.86. The van der Waals surface area contributed by atoms with Crippen molar-refractivity contribution in [2.24, 2.45) is 7.05 Å². The minimum atomic E-state index is -0.0779. The van der Waals surface area contributed by atoms with Gasteiger partial charge in [-0.1, -0.05) is 18.2 Å². The largest absolute Gasteiger partial charge is 0.331 e. The number of hydrogen-bond acceptors (Lipinski definition) is 4. The predicted octanol–water partition coefficient (Wildman–Crippen LogP) is 4.14. The highest BCUT2D eigenvalue weighted by molar-refractivity contribution is 8.00. The van der Waals surface area contributed by atoms with Crippen LogP contribution in [0.25, 0.3) is 16.7 Å². The van der Waals surface area contributed by atoms with Gasteiger partial charge in [0.2, 0.25) is 0 Å². The average Bonchev–Trinajstić information content (AvgIpc) is 3.10. The number of benzene rings is 2. The second-order valence-corrected chi connectivity index (χ2v) is 7.22. The lowest BCUT2D eigenvalue weighted by molar-refractivity contribution is 0.630. The van der Waals surface area contributed by atoms with E-state index in [4.69, 9.17) is 12.2 Å². The maximum atomic E-state index is 12.9. The number of rotatable bonds is 4. The molecular formula is C18H17N5OS2. The molecule has 26 heavy (non-hydrogen) atoms. The number of para-hydroxylation sites is 1. The van der Waals surface area contributed by atoms with Gasteiger partial charge in [0, 0.05) is 11.9 Å². The van der Waals surface area contributed by atoms with E-state index in [9.17, 15) is 4.79 Å². The summed E-state index contributed by atoms with van der Waals surface area (Å²) in [5.74, 6) is 0. The minimum Gasteiger partial charge on any atom is -0.331 e. The van der Waals surface area contributed by atoms with Gasteiger partial charge in [-0.3, -0.25) is 9.48 Å². The van der Waals surface area contributed by atoms with E-state index in [0.717, 1.165) is 27.3 Å². The molecule has 0 aliphatic rings. The van der Waals surface area contributed by atoms with Crippen LogP contribution in [-0.4, -0.2) is 19.3 Å². The Bertz CT molecular complexity index is 1200. The molecule has 6 nitrogen and oxygen atoms in total. The number of anilines is 1. The van der Waals surface area contributed by atoms with Crippen LogP contribution in [0, 0.1) is 11.7 Å². The number of hydrogen-bond donors (Lipinski definition) is 3. The number of imidazole rings is 1. The molecule has 4 aromatic rings. The number of H-pyrrole nitrogens is 2. The predicted molar refractivity (Wildman–Crippen MR) is 109 cm³/mol. The highest BCUT2D eigenvalue weighted by Crippen LogP contribution is 2.25. The zero-order chi connectivity index (χ0) is 18.3. The lowest BCUT2D eigenvalue weighted by Gasteiger charge is -2.07. The Balaban J connectivity index is 1.66. The molecule has 0 aliphatic carbocycles. The summed E-state index contributed by atoms with van der Waals surface area (Å²) in [6.45, 7) is 1.93. The monoisotopic (exact) mass is 383 g/mol. The van der Waals surface area contributed by atoms with Gasteiger partial charge in [0.25, 0.3) is 5.56 Å². The van der Waals surface area contributed by atoms with Gasteiger partial charge in [-0.05, 0) is 61.4 Å². The third-order valence-corrected chi connectivity index (χ3v) is 5.31. The normalized spacial score (nSPS) is 11.2. The Kier molecular flexibility index (Phi) is 4.21. The Hall–Kier alpha value is -2.71. The standard InChI is InChI=1S/C18H17N5OS2/c1-11-16(17(24)23(22(11)2)12-6-4-3-5-7-12)21-26-13-8-9-14-15(10-13)20-18(25)19-14/h3-10,21H,1-2H3,(H2,19,20,25). The van der Waals surface area contributed by atoms with Crippen molar-refractivity contribution in [3.8, 4) is 5.69 Å².